The topological polar surface area (TPSA) is 30.5 Å². The third-order valence-corrected chi connectivity index (χ3v) is 2.83. The van der Waals surface area contributed by atoms with E-state index in [1.54, 1.807) is 0 Å². The molecule has 88 valence electrons. The Morgan fingerprint density at radius 1 is 1.19 bits per heavy atom. The predicted octanol–water partition coefficient (Wildman–Crippen LogP) is 1.93. The third kappa shape index (κ3) is 3.30. The molecule has 3 heteroatoms. The zero-order valence-corrected chi connectivity index (χ0v) is 9.74. The highest BCUT2D eigenvalue weighted by Gasteiger charge is 2.29. The van der Waals surface area contributed by atoms with Crippen LogP contribution in [0.3, 0.4) is 0 Å². The summed E-state index contributed by atoms with van der Waals surface area (Å²) in [5.74, 6) is -0.371. The average Bonchev–Trinajstić information content (AvgIpc) is 2.74. The minimum Gasteiger partial charge on any atom is -0.348 e. The Hall–Kier alpha value is -0.900. The zero-order valence-electron chi connectivity index (χ0n) is 9.74. The van der Waals surface area contributed by atoms with Gasteiger partial charge in [-0.05, 0) is 12.5 Å². The molecule has 0 spiro atoms. The maximum atomic E-state index is 5.53. The fourth-order valence-electron chi connectivity index (χ4n) is 1.85. The monoisotopic (exact) mass is 221 g/mol. The van der Waals surface area contributed by atoms with E-state index in [-0.39, 0.29) is 5.79 Å². The van der Waals surface area contributed by atoms with Crippen molar-refractivity contribution in [1.82, 2.24) is 5.32 Å². The number of nitrogens with one attached hydrogen (secondary N) is 1. The number of ether oxygens (including phenoxy) is 2. The van der Waals surface area contributed by atoms with Crippen molar-refractivity contribution in [3.8, 4) is 0 Å². The van der Waals surface area contributed by atoms with Crippen molar-refractivity contribution in [3.05, 3.63) is 35.9 Å². The standard InChI is InChI=1S/C13H19NO2/c1-13(15-9-10-16-13)7-8-14-11-12-5-3-2-4-6-12/h2-6,14H,7-11H2,1H3. The van der Waals surface area contributed by atoms with E-state index in [0.29, 0.717) is 0 Å². The van der Waals surface area contributed by atoms with E-state index in [0.717, 1.165) is 32.7 Å². The Balaban J connectivity index is 1.65. The summed E-state index contributed by atoms with van der Waals surface area (Å²) in [4.78, 5) is 0. The van der Waals surface area contributed by atoms with E-state index < -0.39 is 0 Å². The summed E-state index contributed by atoms with van der Waals surface area (Å²) in [6.45, 7) is 5.25. The van der Waals surface area contributed by atoms with Gasteiger partial charge in [-0.1, -0.05) is 30.3 Å². The summed E-state index contributed by atoms with van der Waals surface area (Å²) in [7, 11) is 0. The summed E-state index contributed by atoms with van der Waals surface area (Å²) in [6, 6.07) is 10.4. The molecule has 1 aliphatic rings. The van der Waals surface area contributed by atoms with Crippen molar-refractivity contribution in [1.29, 1.82) is 0 Å². The molecule has 0 amide bonds. The van der Waals surface area contributed by atoms with Gasteiger partial charge in [0.2, 0.25) is 0 Å². The Kier molecular flexibility index (Phi) is 3.93. The molecule has 16 heavy (non-hydrogen) atoms. The largest absolute Gasteiger partial charge is 0.348 e. The smallest absolute Gasteiger partial charge is 0.166 e. The molecule has 0 saturated carbocycles. The second kappa shape index (κ2) is 5.43. The van der Waals surface area contributed by atoms with Crippen LogP contribution in [0.1, 0.15) is 18.9 Å². The molecule has 1 aromatic carbocycles. The van der Waals surface area contributed by atoms with Crippen molar-refractivity contribution in [3.63, 3.8) is 0 Å². The van der Waals surface area contributed by atoms with Crippen LogP contribution in [0.2, 0.25) is 0 Å². The fourth-order valence-corrected chi connectivity index (χ4v) is 1.85. The molecular formula is C13H19NO2. The summed E-state index contributed by atoms with van der Waals surface area (Å²) in [5, 5.41) is 3.39. The molecular weight excluding hydrogens is 202 g/mol. The van der Waals surface area contributed by atoms with Crippen LogP contribution in [0, 0.1) is 0 Å². The SMILES string of the molecule is CC1(CCNCc2ccccc2)OCCO1. The van der Waals surface area contributed by atoms with Crippen molar-refractivity contribution in [2.24, 2.45) is 0 Å². The highest BCUT2D eigenvalue weighted by atomic mass is 16.7. The van der Waals surface area contributed by atoms with Gasteiger partial charge in [0, 0.05) is 19.5 Å². The molecule has 3 nitrogen and oxygen atoms in total. The molecule has 0 aromatic heterocycles. The average molecular weight is 221 g/mol. The lowest BCUT2D eigenvalue weighted by atomic mass is 10.2. The molecule has 0 aliphatic carbocycles. The Morgan fingerprint density at radius 2 is 1.88 bits per heavy atom. The van der Waals surface area contributed by atoms with Crippen molar-refractivity contribution >= 4 is 0 Å². The zero-order chi connectivity index (χ0) is 11.3. The minimum atomic E-state index is -0.371. The maximum absolute atomic E-state index is 5.53. The third-order valence-electron chi connectivity index (χ3n) is 2.83. The molecule has 0 unspecified atom stereocenters. The van der Waals surface area contributed by atoms with Gasteiger partial charge in [0.05, 0.1) is 13.2 Å². The summed E-state index contributed by atoms with van der Waals surface area (Å²) >= 11 is 0. The lowest BCUT2D eigenvalue weighted by molar-refractivity contribution is -0.145. The van der Waals surface area contributed by atoms with Crippen LogP contribution in [-0.4, -0.2) is 25.5 Å². The quantitative estimate of drug-likeness (QED) is 0.771. The molecule has 1 fully saturated rings. The molecule has 0 radical (unpaired) electrons. The molecule has 0 bridgehead atoms. The van der Waals surface area contributed by atoms with Gasteiger partial charge in [-0.2, -0.15) is 0 Å². The van der Waals surface area contributed by atoms with Gasteiger partial charge < -0.3 is 14.8 Å². The van der Waals surface area contributed by atoms with Gasteiger partial charge in [0.15, 0.2) is 5.79 Å². The maximum Gasteiger partial charge on any atom is 0.166 e. The van der Waals surface area contributed by atoms with E-state index in [1.165, 1.54) is 5.56 Å². The van der Waals surface area contributed by atoms with Crippen LogP contribution in [0.25, 0.3) is 0 Å². The lowest BCUT2D eigenvalue weighted by Crippen LogP contribution is -2.30. The summed E-state index contributed by atoms with van der Waals surface area (Å²) in [6.07, 6.45) is 0.889. The fraction of sp³-hybridized carbons (Fsp3) is 0.538. The van der Waals surface area contributed by atoms with Gasteiger partial charge in [-0.3, -0.25) is 0 Å². The first kappa shape index (κ1) is 11.6. The summed E-state index contributed by atoms with van der Waals surface area (Å²) in [5.41, 5.74) is 1.31. The van der Waals surface area contributed by atoms with Crippen LogP contribution >= 0.6 is 0 Å². The normalized spacial score (nSPS) is 18.8. The van der Waals surface area contributed by atoms with Gasteiger partial charge in [-0.15, -0.1) is 0 Å². The number of benzene rings is 1. The van der Waals surface area contributed by atoms with Crippen molar-refractivity contribution in [2.75, 3.05) is 19.8 Å². The first-order valence-electron chi connectivity index (χ1n) is 5.81. The van der Waals surface area contributed by atoms with E-state index in [9.17, 15) is 0 Å². The number of hydrogen-bond acceptors (Lipinski definition) is 3. The lowest BCUT2D eigenvalue weighted by Gasteiger charge is -2.22. The van der Waals surface area contributed by atoms with Gasteiger partial charge in [0.1, 0.15) is 0 Å². The first-order chi connectivity index (χ1) is 7.79. The van der Waals surface area contributed by atoms with E-state index >= 15 is 0 Å². The van der Waals surface area contributed by atoms with Gasteiger partial charge >= 0.3 is 0 Å². The highest BCUT2D eigenvalue weighted by Crippen LogP contribution is 2.21. The van der Waals surface area contributed by atoms with Crippen LogP contribution in [0.15, 0.2) is 30.3 Å². The highest BCUT2D eigenvalue weighted by molar-refractivity contribution is 5.14. The molecule has 1 saturated heterocycles. The van der Waals surface area contributed by atoms with Gasteiger partial charge in [0.25, 0.3) is 0 Å². The van der Waals surface area contributed by atoms with Crippen molar-refractivity contribution in [2.45, 2.75) is 25.7 Å². The molecule has 1 aromatic rings. The molecule has 0 atom stereocenters. The summed E-state index contributed by atoms with van der Waals surface area (Å²) < 4.78 is 11.1. The first-order valence-corrected chi connectivity index (χ1v) is 5.81. The van der Waals surface area contributed by atoms with E-state index in [4.69, 9.17) is 9.47 Å². The molecule has 2 rings (SSSR count). The predicted molar refractivity (Wildman–Crippen MR) is 63.1 cm³/mol. The molecule has 1 N–H and O–H groups in total. The minimum absolute atomic E-state index is 0.371. The molecule has 1 aliphatic heterocycles. The Morgan fingerprint density at radius 3 is 2.56 bits per heavy atom. The van der Waals surface area contributed by atoms with E-state index in [1.807, 2.05) is 13.0 Å². The van der Waals surface area contributed by atoms with Gasteiger partial charge in [-0.25, -0.2) is 0 Å². The Bertz CT molecular complexity index is 307. The van der Waals surface area contributed by atoms with Crippen LogP contribution < -0.4 is 5.32 Å². The van der Waals surface area contributed by atoms with Crippen molar-refractivity contribution < 1.29 is 9.47 Å². The number of rotatable bonds is 5. The molecule has 1 heterocycles. The second-order valence-electron chi connectivity index (χ2n) is 4.24. The van der Waals surface area contributed by atoms with Crippen LogP contribution in [0.5, 0.6) is 0 Å². The second-order valence-corrected chi connectivity index (χ2v) is 4.24. The Labute approximate surface area is 96.8 Å². The van der Waals surface area contributed by atoms with Crippen LogP contribution in [-0.2, 0) is 16.0 Å². The van der Waals surface area contributed by atoms with E-state index in [2.05, 4.69) is 29.6 Å². The number of hydrogen-bond donors (Lipinski definition) is 1. The van der Waals surface area contributed by atoms with Crippen LogP contribution in [0.4, 0.5) is 0 Å².